The molecule has 1 heterocycles. The van der Waals surface area contributed by atoms with Gasteiger partial charge in [0.2, 0.25) is 0 Å². The van der Waals surface area contributed by atoms with Gasteiger partial charge in [0, 0.05) is 19.4 Å². The number of ether oxygens (including phenoxy) is 4. The summed E-state index contributed by atoms with van der Waals surface area (Å²) in [6, 6.07) is 8.05. The van der Waals surface area contributed by atoms with E-state index in [-0.39, 0.29) is 34.0 Å². The molecule has 296 valence electrons. The highest BCUT2D eigenvalue weighted by molar-refractivity contribution is 6.74. The summed E-state index contributed by atoms with van der Waals surface area (Å²) in [6.45, 7) is 33.3. The smallest absolute Gasteiger partial charge is 0.192 e. The highest BCUT2D eigenvalue weighted by atomic mass is 28.4. The van der Waals surface area contributed by atoms with Crippen molar-refractivity contribution in [2.24, 2.45) is 5.92 Å². The maximum atomic E-state index is 13.8. The Labute approximate surface area is 315 Å². The first-order valence-corrected chi connectivity index (χ1v) is 25.8. The standard InChI is InChI=1S/C42H78O7Si2/c1-16-19-28-41(49-51(14,15)40(8,9)10,38-32-46-42(17-2,18-3)48-38)29-26-35(43)23-20-33(4)37(27-30-47-50(12,13)39(5,6)7)45-31-34-21-24-36(44-11)25-22-34/h21-22,24-25,33,37-38H,16-20,23,26-32H2,1-15H3/t33-,37+,38-,41+/m0/s1. The SMILES string of the molecule is CCCC[C@](CCC(=O)CC[C@H](C)[C@@H](CCO[Si](C)(C)C(C)(C)C)OCc1ccc(OC)cc1)(O[Si](C)(C)C(C)(C)C)[C@@H]1COC(CC)(CC)O1. The molecular formula is C42H78O7Si2. The van der Waals surface area contributed by atoms with E-state index in [1.54, 1.807) is 7.11 Å². The summed E-state index contributed by atoms with van der Waals surface area (Å²) in [5.41, 5.74) is 0.546. The lowest BCUT2D eigenvalue weighted by Gasteiger charge is -2.48. The summed E-state index contributed by atoms with van der Waals surface area (Å²) in [4.78, 5) is 13.8. The van der Waals surface area contributed by atoms with Gasteiger partial charge in [-0.05, 0) is 98.4 Å². The molecule has 0 N–H and O–H groups in total. The van der Waals surface area contributed by atoms with Crippen LogP contribution in [0.1, 0.15) is 139 Å². The molecule has 0 aliphatic carbocycles. The van der Waals surface area contributed by atoms with Crippen LogP contribution < -0.4 is 4.74 Å². The van der Waals surface area contributed by atoms with E-state index in [1.807, 2.05) is 12.1 Å². The summed E-state index contributed by atoms with van der Waals surface area (Å²) in [5.74, 6) is 0.738. The van der Waals surface area contributed by atoms with Crippen LogP contribution in [0.2, 0.25) is 36.3 Å². The van der Waals surface area contributed by atoms with Gasteiger partial charge in [-0.15, -0.1) is 0 Å². The second kappa shape index (κ2) is 19.5. The van der Waals surface area contributed by atoms with Crippen molar-refractivity contribution in [3.8, 4) is 5.75 Å². The van der Waals surface area contributed by atoms with Crippen molar-refractivity contribution < 1.29 is 32.6 Å². The zero-order chi connectivity index (χ0) is 38.7. The van der Waals surface area contributed by atoms with Gasteiger partial charge in [0.25, 0.3) is 0 Å². The summed E-state index contributed by atoms with van der Waals surface area (Å²) < 4.78 is 39.1. The molecule has 4 atom stereocenters. The van der Waals surface area contributed by atoms with Gasteiger partial charge in [0.1, 0.15) is 17.6 Å². The van der Waals surface area contributed by atoms with Crippen LogP contribution in [-0.2, 0) is 34.5 Å². The lowest BCUT2D eigenvalue weighted by Crippen LogP contribution is -2.56. The number of hydrogen-bond acceptors (Lipinski definition) is 7. The highest BCUT2D eigenvalue weighted by Gasteiger charge is 2.53. The first-order valence-electron chi connectivity index (χ1n) is 20.0. The third-order valence-corrected chi connectivity index (χ3v) is 21.4. The van der Waals surface area contributed by atoms with E-state index in [4.69, 9.17) is 27.8 Å². The van der Waals surface area contributed by atoms with Crippen LogP contribution in [0.4, 0.5) is 0 Å². The Hall–Kier alpha value is -1.08. The number of ketones is 1. The van der Waals surface area contributed by atoms with E-state index in [0.717, 1.165) is 56.3 Å². The van der Waals surface area contributed by atoms with Crippen molar-refractivity contribution in [3.05, 3.63) is 29.8 Å². The Kier molecular flexibility index (Phi) is 17.6. The fourth-order valence-corrected chi connectivity index (χ4v) is 9.06. The number of carbonyl (C=O) groups excluding carboxylic acids is 1. The summed E-state index contributed by atoms with van der Waals surface area (Å²) in [6.07, 6.45) is 7.55. The number of rotatable bonds is 23. The van der Waals surface area contributed by atoms with Gasteiger partial charge < -0.3 is 27.8 Å². The van der Waals surface area contributed by atoms with Gasteiger partial charge >= 0.3 is 0 Å². The summed E-state index contributed by atoms with van der Waals surface area (Å²) in [7, 11) is -2.41. The normalized spacial score (nSPS) is 19.5. The third-order valence-electron chi connectivity index (χ3n) is 12.4. The number of unbranched alkanes of at least 4 members (excludes halogenated alkanes) is 1. The van der Waals surface area contributed by atoms with Gasteiger partial charge in [-0.25, -0.2) is 0 Å². The zero-order valence-corrected chi connectivity index (χ0v) is 37.6. The topological polar surface area (TPSA) is 72.5 Å². The maximum Gasteiger partial charge on any atom is 0.192 e. The molecule has 0 radical (unpaired) electrons. The molecule has 1 saturated heterocycles. The Morgan fingerprint density at radius 2 is 1.51 bits per heavy atom. The Morgan fingerprint density at radius 1 is 0.902 bits per heavy atom. The first kappa shape index (κ1) is 46.1. The van der Waals surface area contributed by atoms with Crippen LogP contribution >= 0.6 is 0 Å². The molecule has 7 nitrogen and oxygen atoms in total. The van der Waals surface area contributed by atoms with Gasteiger partial charge in [-0.2, -0.15) is 0 Å². The molecule has 0 saturated carbocycles. The average molecular weight is 751 g/mol. The predicted molar refractivity (Wildman–Crippen MR) is 217 cm³/mol. The molecular weight excluding hydrogens is 673 g/mol. The van der Waals surface area contributed by atoms with Gasteiger partial charge in [-0.1, -0.05) is 94.2 Å². The van der Waals surface area contributed by atoms with Crippen LogP contribution in [0.5, 0.6) is 5.75 Å². The van der Waals surface area contributed by atoms with Gasteiger partial charge in [-0.3, -0.25) is 4.79 Å². The van der Waals surface area contributed by atoms with Crippen LogP contribution in [0.25, 0.3) is 0 Å². The largest absolute Gasteiger partial charge is 0.497 e. The summed E-state index contributed by atoms with van der Waals surface area (Å²) >= 11 is 0. The molecule has 2 rings (SSSR count). The number of benzene rings is 1. The minimum atomic E-state index is -2.21. The fraction of sp³-hybridized carbons (Fsp3) is 0.833. The maximum absolute atomic E-state index is 13.8. The minimum Gasteiger partial charge on any atom is -0.497 e. The molecule has 0 unspecified atom stereocenters. The fourth-order valence-electron chi connectivity index (χ4n) is 6.34. The zero-order valence-electron chi connectivity index (χ0n) is 35.6. The molecule has 0 aromatic heterocycles. The van der Waals surface area contributed by atoms with Crippen molar-refractivity contribution >= 4 is 22.4 Å². The molecule has 9 heteroatoms. The first-order chi connectivity index (χ1) is 23.6. The van der Waals surface area contributed by atoms with Crippen molar-refractivity contribution in [3.63, 3.8) is 0 Å². The minimum absolute atomic E-state index is 0.0181. The quantitative estimate of drug-likeness (QED) is 0.103. The van der Waals surface area contributed by atoms with Crippen molar-refractivity contribution in [2.75, 3.05) is 20.3 Å². The lowest BCUT2D eigenvalue weighted by molar-refractivity contribution is -0.195. The second-order valence-corrected chi connectivity index (χ2v) is 27.7. The molecule has 1 fully saturated rings. The molecule has 51 heavy (non-hydrogen) atoms. The van der Waals surface area contributed by atoms with E-state index >= 15 is 0 Å². The highest BCUT2D eigenvalue weighted by Crippen LogP contribution is 2.46. The second-order valence-electron chi connectivity index (χ2n) is 18.2. The lowest BCUT2D eigenvalue weighted by atomic mass is 9.84. The van der Waals surface area contributed by atoms with Crippen LogP contribution in [0, 0.1) is 5.92 Å². The van der Waals surface area contributed by atoms with E-state index in [9.17, 15) is 4.79 Å². The molecule has 0 spiro atoms. The van der Waals surface area contributed by atoms with E-state index in [2.05, 4.69) is 108 Å². The third kappa shape index (κ3) is 13.3. The average Bonchev–Trinajstić information content (AvgIpc) is 3.51. The predicted octanol–water partition coefficient (Wildman–Crippen LogP) is 11.6. The van der Waals surface area contributed by atoms with Gasteiger partial charge in [0.05, 0.1) is 32.0 Å². The van der Waals surface area contributed by atoms with Crippen LogP contribution in [0.15, 0.2) is 24.3 Å². The van der Waals surface area contributed by atoms with Crippen molar-refractivity contribution in [2.45, 2.75) is 200 Å². The van der Waals surface area contributed by atoms with Crippen molar-refractivity contribution in [1.82, 2.24) is 0 Å². The van der Waals surface area contributed by atoms with Crippen molar-refractivity contribution in [1.29, 1.82) is 0 Å². The van der Waals surface area contributed by atoms with E-state index in [1.165, 1.54) is 0 Å². The number of Topliss-reactive ketones (excluding diaryl/α,β-unsaturated/α-hetero) is 1. The Bertz CT molecular complexity index is 1170. The number of carbonyl (C=O) groups is 1. The molecule has 1 aliphatic heterocycles. The molecule has 0 amide bonds. The van der Waals surface area contributed by atoms with Gasteiger partial charge in [0.15, 0.2) is 22.4 Å². The number of methoxy groups -OCH3 is 1. The van der Waals surface area contributed by atoms with E-state index < -0.39 is 28.0 Å². The Balaban J connectivity index is 2.21. The molecule has 1 aliphatic rings. The Morgan fingerprint density at radius 3 is 2.02 bits per heavy atom. The molecule has 1 aromatic rings. The summed E-state index contributed by atoms with van der Waals surface area (Å²) in [5, 5.41) is 0.181. The molecule has 0 bridgehead atoms. The number of hydrogen-bond donors (Lipinski definition) is 0. The molecule has 1 aromatic carbocycles. The van der Waals surface area contributed by atoms with Crippen LogP contribution in [-0.4, -0.2) is 66.3 Å². The monoisotopic (exact) mass is 751 g/mol. The van der Waals surface area contributed by atoms with Crippen LogP contribution in [0.3, 0.4) is 0 Å². The van der Waals surface area contributed by atoms with E-state index in [0.29, 0.717) is 39.1 Å².